The van der Waals surface area contributed by atoms with Gasteiger partial charge in [0, 0.05) is 23.3 Å². The number of carbonyl (C=O) groups is 1. The van der Waals surface area contributed by atoms with Crippen LogP contribution in [0.2, 0.25) is 5.02 Å². The maximum atomic E-state index is 12.6. The fourth-order valence-corrected chi connectivity index (χ4v) is 3.41. The molecule has 1 saturated carbocycles. The van der Waals surface area contributed by atoms with E-state index in [1.807, 2.05) is 18.2 Å². The molecule has 1 fully saturated rings. The normalized spacial score (nSPS) is 19.9. The summed E-state index contributed by atoms with van der Waals surface area (Å²) in [6.07, 6.45) is -0.674. The molecule has 0 spiro atoms. The summed E-state index contributed by atoms with van der Waals surface area (Å²) in [5.41, 5.74) is -0.0168. The van der Waals surface area contributed by atoms with E-state index in [-0.39, 0.29) is 30.4 Å². The van der Waals surface area contributed by atoms with E-state index in [1.165, 1.54) is 6.07 Å². The fraction of sp³-hybridized carbons (Fsp3) is 0.400. The molecule has 0 unspecified atom stereocenters. The van der Waals surface area contributed by atoms with Crippen LogP contribution in [0.15, 0.2) is 42.6 Å². The number of amides is 1. The molecule has 2 aromatic rings. The minimum atomic E-state index is -4.41. The van der Waals surface area contributed by atoms with Gasteiger partial charge in [-0.2, -0.15) is 13.2 Å². The Bertz CT molecular complexity index is 804. The number of nitrogens with one attached hydrogen (secondary N) is 1. The van der Waals surface area contributed by atoms with Gasteiger partial charge in [0.2, 0.25) is 11.8 Å². The number of hydrogen-bond acceptors (Lipinski definition) is 3. The number of benzene rings is 1. The van der Waals surface area contributed by atoms with Crippen molar-refractivity contribution < 1.29 is 22.7 Å². The van der Waals surface area contributed by atoms with Crippen LogP contribution in [0.4, 0.5) is 13.2 Å². The van der Waals surface area contributed by atoms with Crippen LogP contribution in [0, 0.1) is 0 Å². The summed E-state index contributed by atoms with van der Waals surface area (Å²) < 4.78 is 43.4. The lowest BCUT2D eigenvalue weighted by Crippen LogP contribution is -2.40. The number of ether oxygens (including phenoxy) is 1. The summed E-state index contributed by atoms with van der Waals surface area (Å²) >= 11 is 6.08. The van der Waals surface area contributed by atoms with Gasteiger partial charge in [-0.25, -0.2) is 4.98 Å². The standard InChI is InChI=1S/C20H20ClF3N2O2/c21-17-4-2-1-3-13(17)11-18(27)26-15-6-8-16(9-7-15)28-19-10-5-14(12-25-19)20(22,23)24/h1-5,10,12,15-16H,6-9,11H2,(H,26,27). The molecule has 0 bridgehead atoms. The highest BCUT2D eigenvalue weighted by Gasteiger charge is 2.31. The second-order valence-corrected chi connectivity index (χ2v) is 7.22. The van der Waals surface area contributed by atoms with Crippen LogP contribution in [0.1, 0.15) is 36.8 Å². The molecule has 0 atom stereocenters. The van der Waals surface area contributed by atoms with Crippen LogP contribution in [0.5, 0.6) is 5.88 Å². The molecule has 1 aliphatic carbocycles. The van der Waals surface area contributed by atoms with Gasteiger partial charge in [0.05, 0.1) is 12.0 Å². The van der Waals surface area contributed by atoms with Gasteiger partial charge in [-0.3, -0.25) is 4.79 Å². The smallest absolute Gasteiger partial charge is 0.417 e. The van der Waals surface area contributed by atoms with Gasteiger partial charge in [-0.1, -0.05) is 29.8 Å². The molecule has 1 aromatic carbocycles. The fourth-order valence-electron chi connectivity index (χ4n) is 3.21. The van der Waals surface area contributed by atoms with Crippen molar-refractivity contribution in [2.75, 3.05) is 0 Å². The van der Waals surface area contributed by atoms with Gasteiger partial charge in [0.1, 0.15) is 6.10 Å². The van der Waals surface area contributed by atoms with Gasteiger partial charge in [0.15, 0.2) is 0 Å². The molecular formula is C20H20ClF3N2O2. The maximum Gasteiger partial charge on any atom is 0.417 e. The third kappa shape index (κ3) is 5.61. The largest absolute Gasteiger partial charge is 0.474 e. The van der Waals surface area contributed by atoms with Crippen LogP contribution < -0.4 is 10.1 Å². The molecular weight excluding hydrogens is 393 g/mol. The van der Waals surface area contributed by atoms with Crippen LogP contribution >= 0.6 is 11.6 Å². The lowest BCUT2D eigenvalue weighted by Gasteiger charge is -2.29. The number of rotatable bonds is 5. The minimum Gasteiger partial charge on any atom is -0.474 e. The first-order chi connectivity index (χ1) is 13.3. The third-order valence-corrected chi connectivity index (χ3v) is 5.07. The molecule has 1 amide bonds. The second kappa shape index (κ2) is 8.82. The van der Waals surface area contributed by atoms with Gasteiger partial charge in [-0.15, -0.1) is 0 Å². The van der Waals surface area contributed by atoms with E-state index in [0.29, 0.717) is 17.9 Å². The lowest BCUT2D eigenvalue weighted by molar-refractivity contribution is -0.137. The Kier molecular flexibility index (Phi) is 6.44. The highest BCUT2D eigenvalue weighted by atomic mass is 35.5. The minimum absolute atomic E-state index is 0.0513. The quantitative estimate of drug-likeness (QED) is 0.767. The Morgan fingerprint density at radius 2 is 1.86 bits per heavy atom. The SMILES string of the molecule is O=C(Cc1ccccc1Cl)NC1CCC(Oc2ccc(C(F)(F)F)cn2)CC1. The molecule has 150 valence electrons. The molecule has 3 rings (SSSR count). The van der Waals surface area contributed by atoms with Crippen LogP contribution in [-0.2, 0) is 17.4 Å². The topological polar surface area (TPSA) is 51.2 Å². The van der Waals surface area contributed by atoms with Gasteiger partial charge < -0.3 is 10.1 Å². The summed E-state index contributed by atoms with van der Waals surface area (Å²) in [6.45, 7) is 0. The average Bonchev–Trinajstić information content (AvgIpc) is 2.65. The summed E-state index contributed by atoms with van der Waals surface area (Å²) in [5.74, 6) is 0.0982. The Labute approximate surface area is 166 Å². The zero-order valence-electron chi connectivity index (χ0n) is 15.0. The van der Waals surface area contributed by atoms with Crippen molar-refractivity contribution in [1.82, 2.24) is 10.3 Å². The van der Waals surface area contributed by atoms with Crippen LogP contribution in [0.3, 0.4) is 0 Å². The second-order valence-electron chi connectivity index (χ2n) is 6.81. The molecule has 0 radical (unpaired) electrons. The lowest BCUT2D eigenvalue weighted by atomic mass is 9.92. The average molecular weight is 413 g/mol. The number of carbonyl (C=O) groups excluding carboxylic acids is 1. The maximum absolute atomic E-state index is 12.6. The van der Waals surface area contributed by atoms with Gasteiger partial charge in [-0.05, 0) is 43.4 Å². The highest BCUT2D eigenvalue weighted by Crippen LogP contribution is 2.30. The predicted octanol–water partition coefficient (Wildman–Crippen LogP) is 4.80. The Hall–Kier alpha value is -2.28. The molecule has 1 heterocycles. The number of alkyl halides is 3. The molecule has 1 aromatic heterocycles. The molecule has 0 aliphatic heterocycles. The first-order valence-electron chi connectivity index (χ1n) is 9.04. The van der Waals surface area contributed by atoms with Crippen molar-refractivity contribution in [3.8, 4) is 5.88 Å². The number of aromatic nitrogens is 1. The number of hydrogen-bond donors (Lipinski definition) is 1. The van der Waals surface area contributed by atoms with E-state index in [9.17, 15) is 18.0 Å². The van der Waals surface area contributed by atoms with Crippen LogP contribution in [-0.4, -0.2) is 23.0 Å². The molecule has 1 aliphatic rings. The van der Waals surface area contributed by atoms with E-state index >= 15 is 0 Å². The molecule has 28 heavy (non-hydrogen) atoms. The Morgan fingerprint density at radius 1 is 1.14 bits per heavy atom. The number of halogens is 4. The van der Waals surface area contributed by atoms with E-state index in [2.05, 4.69) is 10.3 Å². The van der Waals surface area contributed by atoms with Crippen molar-refractivity contribution in [2.24, 2.45) is 0 Å². The summed E-state index contributed by atoms with van der Waals surface area (Å²) in [5, 5.41) is 3.58. The van der Waals surface area contributed by atoms with Crippen molar-refractivity contribution >= 4 is 17.5 Å². The number of nitrogens with zero attached hydrogens (tertiary/aromatic N) is 1. The van der Waals surface area contributed by atoms with Crippen molar-refractivity contribution in [3.63, 3.8) is 0 Å². The zero-order valence-corrected chi connectivity index (χ0v) is 15.8. The molecule has 8 heteroatoms. The van der Waals surface area contributed by atoms with E-state index in [1.54, 1.807) is 6.07 Å². The zero-order chi connectivity index (χ0) is 20.1. The first-order valence-corrected chi connectivity index (χ1v) is 9.42. The van der Waals surface area contributed by atoms with E-state index < -0.39 is 11.7 Å². The Morgan fingerprint density at radius 3 is 2.46 bits per heavy atom. The summed E-state index contributed by atoms with van der Waals surface area (Å²) in [4.78, 5) is 16.0. The summed E-state index contributed by atoms with van der Waals surface area (Å²) in [6, 6.07) is 9.48. The van der Waals surface area contributed by atoms with Gasteiger partial charge in [0.25, 0.3) is 0 Å². The monoisotopic (exact) mass is 412 g/mol. The van der Waals surface area contributed by atoms with Crippen molar-refractivity contribution in [2.45, 2.75) is 50.4 Å². The summed E-state index contributed by atoms with van der Waals surface area (Å²) in [7, 11) is 0. The Balaban J connectivity index is 1.44. The molecule has 4 nitrogen and oxygen atoms in total. The molecule has 1 N–H and O–H groups in total. The third-order valence-electron chi connectivity index (χ3n) is 4.70. The molecule has 0 saturated heterocycles. The van der Waals surface area contributed by atoms with Crippen molar-refractivity contribution in [3.05, 3.63) is 58.7 Å². The van der Waals surface area contributed by atoms with Gasteiger partial charge >= 0.3 is 6.18 Å². The van der Waals surface area contributed by atoms with E-state index in [4.69, 9.17) is 16.3 Å². The number of pyridine rings is 1. The predicted molar refractivity (Wildman–Crippen MR) is 99.2 cm³/mol. The first kappa shape index (κ1) is 20.5. The van der Waals surface area contributed by atoms with Crippen molar-refractivity contribution in [1.29, 1.82) is 0 Å². The highest BCUT2D eigenvalue weighted by molar-refractivity contribution is 6.31. The van der Waals surface area contributed by atoms with E-state index in [0.717, 1.165) is 30.7 Å². The van der Waals surface area contributed by atoms with Crippen LogP contribution in [0.25, 0.3) is 0 Å².